The lowest BCUT2D eigenvalue weighted by Crippen LogP contribution is -2.41. The second kappa shape index (κ2) is 7.54. The van der Waals surface area contributed by atoms with Gasteiger partial charge < -0.3 is 10.2 Å². The zero-order chi connectivity index (χ0) is 16.8. The van der Waals surface area contributed by atoms with Crippen LogP contribution in [0.4, 0.5) is 4.39 Å². The predicted octanol–water partition coefficient (Wildman–Crippen LogP) is 2.66. The molecule has 0 saturated carbocycles. The smallest absolute Gasteiger partial charge is 0.247 e. The van der Waals surface area contributed by atoms with Gasteiger partial charge in [-0.05, 0) is 23.3 Å². The second-order valence-corrected chi connectivity index (χ2v) is 5.20. The van der Waals surface area contributed by atoms with Gasteiger partial charge in [0.2, 0.25) is 11.8 Å². The van der Waals surface area contributed by atoms with Crippen molar-refractivity contribution in [3.05, 3.63) is 71.5 Å². The maximum Gasteiger partial charge on any atom is 0.247 e. The first-order chi connectivity index (χ1) is 11.0. The first-order valence-corrected chi connectivity index (χ1v) is 7.31. The molecular weight excluding hydrogens is 295 g/mol. The number of amides is 2. The number of nitrogens with zero attached hydrogens (tertiary/aromatic N) is 1. The summed E-state index contributed by atoms with van der Waals surface area (Å²) in [5, 5.41) is 2.60. The van der Waals surface area contributed by atoms with E-state index in [1.807, 2.05) is 18.2 Å². The molecule has 0 aliphatic carbocycles. The van der Waals surface area contributed by atoms with Crippen molar-refractivity contribution in [1.82, 2.24) is 10.2 Å². The molecule has 2 amide bonds. The van der Waals surface area contributed by atoms with Gasteiger partial charge in [-0.1, -0.05) is 42.5 Å². The highest BCUT2D eigenvalue weighted by Crippen LogP contribution is 2.23. The highest BCUT2D eigenvalue weighted by molar-refractivity contribution is 5.87. The highest BCUT2D eigenvalue weighted by atomic mass is 19.1. The van der Waals surface area contributed by atoms with Crippen LogP contribution < -0.4 is 5.32 Å². The number of likely N-dealkylation sites (N-methyl/N-ethyl adjacent to an activating group) is 1. The Morgan fingerprint density at radius 2 is 1.70 bits per heavy atom. The van der Waals surface area contributed by atoms with Gasteiger partial charge in [0.15, 0.2) is 0 Å². The predicted molar refractivity (Wildman–Crippen MR) is 85.9 cm³/mol. The third-order valence-electron chi connectivity index (χ3n) is 3.59. The molecule has 0 aliphatic heterocycles. The number of rotatable bonds is 5. The number of hydrogen-bond acceptors (Lipinski definition) is 2. The summed E-state index contributed by atoms with van der Waals surface area (Å²) < 4.78 is 13.0. The molecule has 120 valence electrons. The standard InChI is InChI=1S/C18H19FN2O2/c1-13(22)21(12-14-8-10-16(19)11-9-14)17(18(23)20-2)15-6-4-3-5-7-15/h3-11,17H,12H2,1-2H3,(H,20,23). The van der Waals surface area contributed by atoms with E-state index in [0.29, 0.717) is 0 Å². The molecule has 1 N–H and O–H groups in total. The van der Waals surface area contributed by atoms with Gasteiger partial charge in [0.1, 0.15) is 11.9 Å². The van der Waals surface area contributed by atoms with Crippen LogP contribution >= 0.6 is 0 Å². The average molecular weight is 314 g/mol. The topological polar surface area (TPSA) is 49.4 Å². The van der Waals surface area contributed by atoms with E-state index in [1.54, 1.807) is 24.3 Å². The van der Waals surface area contributed by atoms with Crippen LogP contribution in [0, 0.1) is 5.82 Å². The number of halogens is 1. The van der Waals surface area contributed by atoms with Gasteiger partial charge in [-0.25, -0.2) is 4.39 Å². The van der Waals surface area contributed by atoms with Crippen molar-refractivity contribution in [1.29, 1.82) is 0 Å². The molecule has 0 bridgehead atoms. The molecule has 0 radical (unpaired) electrons. The van der Waals surface area contributed by atoms with Crippen molar-refractivity contribution in [3.8, 4) is 0 Å². The van der Waals surface area contributed by atoms with E-state index in [4.69, 9.17) is 0 Å². The van der Waals surface area contributed by atoms with Crippen molar-refractivity contribution >= 4 is 11.8 Å². The molecule has 2 aromatic carbocycles. The lowest BCUT2D eigenvalue weighted by molar-refractivity contribution is -0.139. The van der Waals surface area contributed by atoms with E-state index in [9.17, 15) is 14.0 Å². The van der Waals surface area contributed by atoms with Crippen molar-refractivity contribution in [2.45, 2.75) is 19.5 Å². The first kappa shape index (κ1) is 16.7. The van der Waals surface area contributed by atoms with Crippen LogP contribution in [0.25, 0.3) is 0 Å². The molecule has 4 nitrogen and oxygen atoms in total. The Bertz CT molecular complexity index is 671. The summed E-state index contributed by atoms with van der Waals surface area (Å²) in [6.45, 7) is 1.64. The van der Waals surface area contributed by atoms with Gasteiger partial charge in [-0.15, -0.1) is 0 Å². The zero-order valence-electron chi connectivity index (χ0n) is 13.1. The van der Waals surface area contributed by atoms with Crippen LogP contribution in [0.2, 0.25) is 0 Å². The maximum absolute atomic E-state index is 13.0. The molecule has 1 atom stereocenters. The Labute approximate surface area is 134 Å². The number of nitrogens with one attached hydrogen (secondary N) is 1. The van der Waals surface area contributed by atoms with Crippen LogP contribution in [0.3, 0.4) is 0 Å². The van der Waals surface area contributed by atoms with Crippen molar-refractivity contribution in [2.75, 3.05) is 7.05 Å². The van der Waals surface area contributed by atoms with Gasteiger partial charge in [0, 0.05) is 20.5 Å². The number of carbonyl (C=O) groups is 2. The molecule has 0 heterocycles. The molecule has 0 aliphatic rings. The molecule has 0 aromatic heterocycles. The first-order valence-electron chi connectivity index (χ1n) is 7.31. The third-order valence-corrected chi connectivity index (χ3v) is 3.59. The quantitative estimate of drug-likeness (QED) is 0.922. The SMILES string of the molecule is CNC(=O)C(c1ccccc1)N(Cc1ccc(F)cc1)C(C)=O. The van der Waals surface area contributed by atoms with E-state index in [0.717, 1.165) is 11.1 Å². The molecule has 0 spiro atoms. The van der Waals surface area contributed by atoms with Crippen LogP contribution in [-0.4, -0.2) is 23.8 Å². The summed E-state index contributed by atoms with van der Waals surface area (Å²) >= 11 is 0. The van der Waals surface area contributed by atoms with Gasteiger partial charge in [0.25, 0.3) is 0 Å². The highest BCUT2D eigenvalue weighted by Gasteiger charge is 2.28. The molecule has 2 aromatic rings. The van der Waals surface area contributed by atoms with Crippen molar-refractivity contribution in [2.24, 2.45) is 0 Å². The maximum atomic E-state index is 13.0. The number of carbonyl (C=O) groups excluding carboxylic acids is 2. The summed E-state index contributed by atoms with van der Waals surface area (Å²) in [5.41, 5.74) is 1.48. The van der Waals surface area contributed by atoms with Crippen LogP contribution in [0.5, 0.6) is 0 Å². The minimum absolute atomic E-state index is 0.225. The normalized spacial score (nSPS) is 11.6. The Hall–Kier alpha value is -2.69. The van der Waals surface area contributed by atoms with E-state index >= 15 is 0 Å². The molecule has 0 saturated heterocycles. The van der Waals surface area contributed by atoms with E-state index in [2.05, 4.69) is 5.32 Å². The average Bonchev–Trinajstić information content (AvgIpc) is 2.56. The summed E-state index contributed by atoms with van der Waals surface area (Å²) in [5.74, 6) is -0.839. The van der Waals surface area contributed by atoms with Crippen LogP contribution in [0.1, 0.15) is 24.1 Å². The molecule has 23 heavy (non-hydrogen) atoms. The number of hydrogen-bond donors (Lipinski definition) is 1. The minimum Gasteiger partial charge on any atom is -0.357 e. The second-order valence-electron chi connectivity index (χ2n) is 5.20. The molecular formula is C18H19FN2O2. The summed E-state index contributed by atoms with van der Waals surface area (Å²) in [4.78, 5) is 25.9. The Kier molecular flexibility index (Phi) is 5.46. The largest absolute Gasteiger partial charge is 0.357 e. The van der Waals surface area contributed by atoms with Crippen LogP contribution in [0.15, 0.2) is 54.6 Å². The summed E-state index contributed by atoms with van der Waals surface area (Å²) in [6.07, 6.45) is 0. The van der Waals surface area contributed by atoms with Crippen molar-refractivity contribution < 1.29 is 14.0 Å². The lowest BCUT2D eigenvalue weighted by atomic mass is 10.0. The lowest BCUT2D eigenvalue weighted by Gasteiger charge is -2.30. The van der Waals surface area contributed by atoms with Gasteiger partial charge in [-0.3, -0.25) is 9.59 Å². The van der Waals surface area contributed by atoms with Gasteiger partial charge >= 0.3 is 0 Å². The zero-order valence-corrected chi connectivity index (χ0v) is 13.1. The van der Waals surface area contributed by atoms with E-state index < -0.39 is 6.04 Å². The van der Waals surface area contributed by atoms with Gasteiger partial charge in [-0.2, -0.15) is 0 Å². The van der Waals surface area contributed by atoms with Gasteiger partial charge in [0.05, 0.1) is 0 Å². The van der Waals surface area contributed by atoms with Crippen LogP contribution in [-0.2, 0) is 16.1 Å². The fourth-order valence-corrected chi connectivity index (χ4v) is 2.42. The third kappa shape index (κ3) is 4.16. The molecule has 0 fully saturated rings. The monoisotopic (exact) mass is 314 g/mol. The van der Waals surface area contributed by atoms with Crippen molar-refractivity contribution in [3.63, 3.8) is 0 Å². The summed E-state index contributed by atoms with van der Waals surface area (Å²) in [7, 11) is 1.54. The minimum atomic E-state index is -0.733. The fourth-order valence-electron chi connectivity index (χ4n) is 2.42. The Morgan fingerprint density at radius 1 is 1.09 bits per heavy atom. The molecule has 5 heteroatoms. The Morgan fingerprint density at radius 3 is 2.22 bits per heavy atom. The molecule has 1 unspecified atom stereocenters. The molecule has 2 rings (SSSR count). The number of benzene rings is 2. The Balaban J connectivity index is 2.36. The summed E-state index contributed by atoms with van der Waals surface area (Å²) in [6, 6.07) is 14.3. The van der Waals surface area contributed by atoms with E-state index in [-0.39, 0.29) is 24.2 Å². The van der Waals surface area contributed by atoms with E-state index in [1.165, 1.54) is 31.0 Å². The fraction of sp³-hybridized carbons (Fsp3) is 0.222.